The number of nitrogens with zero attached hydrogens (tertiary/aromatic N) is 3. The molecule has 1 aliphatic heterocycles. The van der Waals surface area contributed by atoms with Crippen LogP contribution in [0.25, 0.3) is 20.7 Å². The van der Waals surface area contributed by atoms with E-state index in [9.17, 15) is 0 Å². The van der Waals surface area contributed by atoms with Crippen LogP contribution in [0.1, 0.15) is 11.1 Å². The normalized spacial score (nSPS) is 13.7. The van der Waals surface area contributed by atoms with Gasteiger partial charge in [-0.05, 0) is 35.2 Å². The highest BCUT2D eigenvalue weighted by Crippen LogP contribution is 2.36. The smallest absolute Gasteiger partial charge is 0.229 e. The molecule has 0 aliphatic carbocycles. The molecule has 0 radical (unpaired) electrons. The molecule has 0 saturated heterocycles. The van der Waals surface area contributed by atoms with E-state index in [2.05, 4.69) is 51.7 Å². The van der Waals surface area contributed by atoms with Crippen molar-refractivity contribution < 1.29 is 9.47 Å². The molecular weight excluding hydrogens is 420 g/mol. The second-order valence-electron chi connectivity index (χ2n) is 7.42. The number of rotatable bonds is 7. The molecule has 158 valence electrons. The highest BCUT2D eigenvalue weighted by Gasteiger charge is 2.22. The van der Waals surface area contributed by atoms with Gasteiger partial charge >= 0.3 is 0 Å². The number of nitriles is 1. The third-order valence-corrected chi connectivity index (χ3v) is 6.42. The molecule has 0 bridgehead atoms. The second kappa shape index (κ2) is 9.08. The molecule has 2 aromatic heterocycles. The SMILES string of the molecule is N#CCc1cccc(-c2cc3ncnc(NC(Cc4ccccc4)C4=COCO4)c3s2)c1. The fraction of sp³-hybridized carbons (Fsp3) is 0.160. The Bertz CT molecular complexity index is 1310. The van der Waals surface area contributed by atoms with Gasteiger partial charge in [-0.1, -0.05) is 48.5 Å². The number of thiophene rings is 1. The van der Waals surface area contributed by atoms with E-state index in [1.54, 1.807) is 23.9 Å². The Balaban J connectivity index is 1.48. The van der Waals surface area contributed by atoms with E-state index in [0.717, 1.165) is 44.2 Å². The molecule has 4 aromatic rings. The number of nitrogens with one attached hydrogen (secondary N) is 1. The van der Waals surface area contributed by atoms with Crippen LogP contribution >= 0.6 is 11.3 Å². The molecule has 5 rings (SSSR count). The van der Waals surface area contributed by atoms with Gasteiger partial charge in [0.05, 0.1) is 28.7 Å². The number of hydrogen-bond donors (Lipinski definition) is 1. The molecule has 1 atom stereocenters. The zero-order chi connectivity index (χ0) is 21.8. The second-order valence-corrected chi connectivity index (χ2v) is 8.47. The Morgan fingerprint density at radius 1 is 1.06 bits per heavy atom. The highest BCUT2D eigenvalue weighted by atomic mass is 32.1. The Labute approximate surface area is 189 Å². The fourth-order valence-electron chi connectivity index (χ4n) is 3.70. The van der Waals surface area contributed by atoms with Crippen molar-refractivity contribution >= 4 is 27.4 Å². The van der Waals surface area contributed by atoms with Crippen LogP contribution in [0.15, 0.2) is 79.0 Å². The van der Waals surface area contributed by atoms with Crippen LogP contribution in [0, 0.1) is 11.3 Å². The first kappa shape index (κ1) is 20.0. The molecule has 0 saturated carbocycles. The molecular formula is C25H20N4O2S. The van der Waals surface area contributed by atoms with Gasteiger partial charge in [-0.2, -0.15) is 5.26 Å². The lowest BCUT2D eigenvalue weighted by molar-refractivity contribution is 0.0764. The molecule has 2 aromatic carbocycles. The minimum absolute atomic E-state index is 0.123. The Morgan fingerprint density at radius 2 is 1.94 bits per heavy atom. The highest BCUT2D eigenvalue weighted by molar-refractivity contribution is 7.22. The lowest BCUT2D eigenvalue weighted by Gasteiger charge is -2.19. The van der Waals surface area contributed by atoms with Crippen molar-refractivity contribution in [2.75, 3.05) is 12.1 Å². The Morgan fingerprint density at radius 3 is 2.75 bits per heavy atom. The largest absolute Gasteiger partial charge is 0.462 e. The maximum atomic E-state index is 9.01. The number of aromatic nitrogens is 2. The predicted molar refractivity (Wildman–Crippen MR) is 125 cm³/mol. The average Bonchev–Trinajstić information content (AvgIpc) is 3.51. The van der Waals surface area contributed by atoms with Gasteiger partial charge in [0.2, 0.25) is 6.79 Å². The maximum absolute atomic E-state index is 9.01. The first-order chi connectivity index (χ1) is 15.8. The molecule has 3 heterocycles. The van der Waals surface area contributed by atoms with Crippen LogP contribution in [-0.2, 0) is 22.3 Å². The Hall–Kier alpha value is -3.89. The summed E-state index contributed by atoms with van der Waals surface area (Å²) < 4.78 is 12.0. The van der Waals surface area contributed by atoms with Gasteiger partial charge in [0, 0.05) is 4.88 Å². The molecule has 0 spiro atoms. The van der Waals surface area contributed by atoms with E-state index in [1.807, 2.05) is 30.3 Å². The topological polar surface area (TPSA) is 80.1 Å². The van der Waals surface area contributed by atoms with E-state index in [-0.39, 0.29) is 12.8 Å². The minimum Gasteiger partial charge on any atom is -0.462 e. The molecule has 1 N–H and O–H groups in total. The summed E-state index contributed by atoms with van der Waals surface area (Å²) in [6.45, 7) is 0.226. The van der Waals surface area contributed by atoms with Gasteiger partial charge < -0.3 is 14.8 Å². The number of hydrogen-bond acceptors (Lipinski definition) is 7. The van der Waals surface area contributed by atoms with Crippen LogP contribution < -0.4 is 5.32 Å². The van der Waals surface area contributed by atoms with Gasteiger partial charge in [0.25, 0.3) is 0 Å². The van der Waals surface area contributed by atoms with E-state index in [0.29, 0.717) is 6.42 Å². The van der Waals surface area contributed by atoms with Crippen LogP contribution in [0.4, 0.5) is 5.82 Å². The van der Waals surface area contributed by atoms with Crippen molar-refractivity contribution in [3.63, 3.8) is 0 Å². The van der Waals surface area contributed by atoms with E-state index >= 15 is 0 Å². The molecule has 6 nitrogen and oxygen atoms in total. The number of anilines is 1. The summed E-state index contributed by atoms with van der Waals surface area (Å²) in [6.07, 6.45) is 4.37. The molecule has 0 fully saturated rings. The Kier molecular flexibility index (Phi) is 5.69. The average molecular weight is 441 g/mol. The maximum Gasteiger partial charge on any atom is 0.229 e. The van der Waals surface area contributed by atoms with Crippen LogP contribution in [0.5, 0.6) is 0 Å². The van der Waals surface area contributed by atoms with Crippen molar-refractivity contribution in [2.24, 2.45) is 0 Å². The van der Waals surface area contributed by atoms with E-state index in [1.165, 1.54) is 5.56 Å². The first-order valence-corrected chi connectivity index (χ1v) is 11.1. The van der Waals surface area contributed by atoms with Crippen molar-refractivity contribution in [2.45, 2.75) is 18.9 Å². The van der Waals surface area contributed by atoms with Gasteiger partial charge in [-0.3, -0.25) is 0 Å². The summed E-state index contributed by atoms with van der Waals surface area (Å²) in [5.41, 5.74) is 4.14. The standard InChI is InChI=1S/C25H20N4O2S/c26-10-9-18-7-4-8-19(11-18)23-13-21-24(32-23)25(28-15-27-21)29-20(22-14-30-16-31-22)12-17-5-2-1-3-6-17/h1-8,11,13-15,20H,9,12,16H2,(H,27,28,29). The van der Waals surface area contributed by atoms with Gasteiger partial charge in [0.15, 0.2) is 5.76 Å². The van der Waals surface area contributed by atoms with E-state index in [4.69, 9.17) is 14.7 Å². The summed E-state index contributed by atoms with van der Waals surface area (Å²) in [5, 5.41) is 12.6. The van der Waals surface area contributed by atoms with Crippen molar-refractivity contribution in [3.8, 4) is 16.5 Å². The van der Waals surface area contributed by atoms with Crippen molar-refractivity contribution in [3.05, 3.63) is 90.1 Å². The molecule has 1 unspecified atom stereocenters. The molecule has 7 heteroatoms. The summed E-state index contributed by atoms with van der Waals surface area (Å²) in [7, 11) is 0. The third-order valence-electron chi connectivity index (χ3n) is 5.24. The number of ether oxygens (including phenoxy) is 2. The van der Waals surface area contributed by atoms with E-state index < -0.39 is 0 Å². The first-order valence-electron chi connectivity index (χ1n) is 10.3. The fourth-order valence-corrected chi connectivity index (χ4v) is 4.76. The zero-order valence-corrected chi connectivity index (χ0v) is 18.0. The van der Waals surface area contributed by atoms with Crippen LogP contribution in [0.2, 0.25) is 0 Å². The minimum atomic E-state index is -0.123. The van der Waals surface area contributed by atoms with Crippen LogP contribution in [0.3, 0.4) is 0 Å². The zero-order valence-electron chi connectivity index (χ0n) is 17.2. The number of benzene rings is 2. The van der Waals surface area contributed by atoms with Crippen LogP contribution in [-0.4, -0.2) is 22.8 Å². The molecule has 0 amide bonds. The molecule has 1 aliphatic rings. The lowest BCUT2D eigenvalue weighted by Crippen LogP contribution is -2.25. The van der Waals surface area contributed by atoms with Gasteiger partial charge in [0.1, 0.15) is 18.4 Å². The summed E-state index contributed by atoms with van der Waals surface area (Å²) >= 11 is 1.63. The predicted octanol–water partition coefficient (Wildman–Crippen LogP) is 5.29. The summed E-state index contributed by atoms with van der Waals surface area (Å²) in [6, 6.07) is 22.5. The lowest BCUT2D eigenvalue weighted by atomic mass is 10.0. The van der Waals surface area contributed by atoms with Crippen molar-refractivity contribution in [1.29, 1.82) is 5.26 Å². The molecule has 32 heavy (non-hydrogen) atoms. The third kappa shape index (κ3) is 4.27. The number of fused-ring (bicyclic) bond motifs is 1. The monoisotopic (exact) mass is 440 g/mol. The van der Waals surface area contributed by atoms with Gasteiger partial charge in [-0.25, -0.2) is 9.97 Å². The summed E-state index contributed by atoms with van der Waals surface area (Å²) in [5.74, 6) is 1.51. The van der Waals surface area contributed by atoms with Crippen molar-refractivity contribution in [1.82, 2.24) is 9.97 Å². The van der Waals surface area contributed by atoms with Gasteiger partial charge in [-0.15, -0.1) is 11.3 Å². The quantitative estimate of drug-likeness (QED) is 0.420. The summed E-state index contributed by atoms with van der Waals surface area (Å²) in [4.78, 5) is 10.1.